The summed E-state index contributed by atoms with van der Waals surface area (Å²) < 4.78 is 15.0. The predicted octanol–water partition coefficient (Wildman–Crippen LogP) is 3.36. The van der Waals surface area contributed by atoms with Crippen molar-refractivity contribution in [2.24, 2.45) is 0 Å². The minimum Gasteiger partial charge on any atom is -0.336 e. The van der Waals surface area contributed by atoms with Gasteiger partial charge in [-0.15, -0.1) is 11.3 Å². The van der Waals surface area contributed by atoms with Crippen LogP contribution >= 0.6 is 11.3 Å². The quantitative estimate of drug-likeness (QED) is 0.767. The lowest BCUT2D eigenvalue weighted by Gasteiger charge is -2.32. The van der Waals surface area contributed by atoms with E-state index in [2.05, 4.69) is 10.4 Å². The van der Waals surface area contributed by atoms with Crippen LogP contribution in [0, 0.1) is 12.7 Å². The number of fused-ring (bicyclic) bond motifs is 1. The van der Waals surface area contributed by atoms with Crippen molar-refractivity contribution in [1.82, 2.24) is 20.0 Å². The molecule has 2 aromatic heterocycles. The number of amides is 1. The Morgan fingerprint density at radius 1 is 1.35 bits per heavy atom. The number of nitrogens with zero attached hydrogens (tertiary/aromatic N) is 3. The Morgan fingerprint density at radius 3 is 2.85 bits per heavy atom. The molecular weight excluding hydrogens is 351 g/mol. The van der Waals surface area contributed by atoms with Crippen LogP contribution < -0.4 is 5.32 Å². The van der Waals surface area contributed by atoms with Gasteiger partial charge in [0.15, 0.2) is 0 Å². The van der Waals surface area contributed by atoms with Crippen molar-refractivity contribution in [3.05, 3.63) is 46.7 Å². The van der Waals surface area contributed by atoms with E-state index in [1.807, 2.05) is 24.9 Å². The number of likely N-dealkylation sites (tertiary alicyclic amines) is 1. The average molecular weight is 372 g/mol. The molecule has 0 bridgehead atoms. The van der Waals surface area contributed by atoms with Crippen LogP contribution in [0.5, 0.6) is 0 Å². The van der Waals surface area contributed by atoms with Crippen LogP contribution in [0.4, 0.5) is 4.39 Å². The van der Waals surface area contributed by atoms with Gasteiger partial charge in [0.05, 0.1) is 16.3 Å². The van der Waals surface area contributed by atoms with Crippen molar-refractivity contribution in [1.29, 1.82) is 0 Å². The molecule has 0 aliphatic carbocycles. The van der Waals surface area contributed by atoms with Crippen LogP contribution in [0.2, 0.25) is 0 Å². The van der Waals surface area contributed by atoms with Crippen molar-refractivity contribution in [2.45, 2.75) is 25.8 Å². The third-order valence-electron chi connectivity index (χ3n) is 4.94. The molecule has 3 heterocycles. The van der Waals surface area contributed by atoms with Gasteiger partial charge in [-0.05, 0) is 57.1 Å². The molecule has 136 valence electrons. The van der Waals surface area contributed by atoms with Gasteiger partial charge in [0, 0.05) is 24.5 Å². The molecule has 1 N–H and O–H groups in total. The normalized spacial score (nSPS) is 17.8. The van der Waals surface area contributed by atoms with E-state index in [4.69, 9.17) is 0 Å². The van der Waals surface area contributed by atoms with Crippen molar-refractivity contribution >= 4 is 27.5 Å². The molecule has 1 unspecified atom stereocenters. The van der Waals surface area contributed by atoms with Gasteiger partial charge < -0.3 is 10.2 Å². The number of rotatable bonds is 3. The summed E-state index contributed by atoms with van der Waals surface area (Å²) in [5, 5.41) is 8.81. The Labute approximate surface area is 155 Å². The number of nitrogens with one attached hydrogen (secondary N) is 1. The fourth-order valence-corrected chi connectivity index (χ4v) is 4.61. The Morgan fingerprint density at radius 2 is 2.12 bits per heavy atom. The van der Waals surface area contributed by atoms with Gasteiger partial charge in [0.1, 0.15) is 10.6 Å². The van der Waals surface area contributed by atoms with Crippen LogP contribution in [-0.4, -0.2) is 46.8 Å². The molecule has 1 aliphatic heterocycles. The Kier molecular flexibility index (Phi) is 4.50. The first-order valence-electron chi connectivity index (χ1n) is 8.78. The fraction of sp³-hybridized carbons (Fsp3) is 0.368. The second kappa shape index (κ2) is 6.81. The number of benzene rings is 1. The summed E-state index contributed by atoms with van der Waals surface area (Å²) in [7, 11) is 1.94. The van der Waals surface area contributed by atoms with E-state index in [1.54, 1.807) is 16.8 Å². The van der Waals surface area contributed by atoms with Gasteiger partial charge in [-0.25, -0.2) is 9.07 Å². The Balaban J connectivity index is 1.68. The molecular formula is C19H21FN4OS. The van der Waals surface area contributed by atoms with E-state index < -0.39 is 0 Å². The predicted molar refractivity (Wildman–Crippen MR) is 102 cm³/mol. The lowest BCUT2D eigenvalue weighted by Crippen LogP contribution is -2.46. The summed E-state index contributed by atoms with van der Waals surface area (Å²) in [4.78, 5) is 16.5. The van der Waals surface area contributed by atoms with Crippen molar-refractivity contribution in [2.75, 3.05) is 20.1 Å². The van der Waals surface area contributed by atoms with E-state index in [0.29, 0.717) is 6.04 Å². The highest BCUT2D eigenvalue weighted by atomic mass is 32.1. The molecule has 1 aliphatic rings. The largest absolute Gasteiger partial charge is 0.336 e. The summed E-state index contributed by atoms with van der Waals surface area (Å²) in [5.74, 6) is -0.198. The van der Waals surface area contributed by atoms with Crippen LogP contribution in [0.1, 0.15) is 28.2 Å². The Bertz CT molecular complexity index is 947. The molecule has 0 radical (unpaired) electrons. The molecule has 0 saturated carbocycles. The zero-order valence-corrected chi connectivity index (χ0v) is 15.6. The number of carbonyl (C=O) groups is 1. The lowest BCUT2D eigenvalue weighted by atomic mass is 10.1. The van der Waals surface area contributed by atoms with E-state index in [1.165, 1.54) is 23.5 Å². The number of aromatic nitrogens is 2. The van der Waals surface area contributed by atoms with E-state index in [0.717, 1.165) is 52.4 Å². The second-order valence-corrected chi connectivity index (χ2v) is 7.71. The molecule has 1 saturated heterocycles. The Hall–Kier alpha value is -2.25. The number of piperidine rings is 1. The molecule has 1 atom stereocenters. The average Bonchev–Trinajstić information content (AvgIpc) is 3.23. The molecule has 5 nitrogen and oxygen atoms in total. The van der Waals surface area contributed by atoms with Crippen molar-refractivity contribution in [3.8, 4) is 5.69 Å². The third-order valence-corrected chi connectivity index (χ3v) is 6.04. The number of aryl methyl sites for hydroxylation is 1. The van der Waals surface area contributed by atoms with E-state index >= 15 is 0 Å². The van der Waals surface area contributed by atoms with Gasteiger partial charge in [-0.1, -0.05) is 0 Å². The molecule has 7 heteroatoms. The summed E-state index contributed by atoms with van der Waals surface area (Å²) in [6.07, 6.45) is 2.12. The maximum atomic E-state index is 13.2. The highest BCUT2D eigenvalue weighted by molar-refractivity contribution is 7.20. The fourth-order valence-electron chi connectivity index (χ4n) is 3.46. The number of likely N-dealkylation sites (N-methyl/N-ethyl adjacent to an activating group) is 1. The highest BCUT2D eigenvalue weighted by Gasteiger charge is 2.26. The van der Waals surface area contributed by atoms with Gasteiger partial charge in [0.25, 0.3) is 5.91 Å². The van der Waals surface area contributed by atoms with Gasteiger partial charge in [-0.3, -0.25) is 4.79 Å². The second-order valence-electron chi connectivity index (χ2n) is 6.68. The van der Waals surface area contributed by atoms with Crippen molar-refractivity contribution in [3.63, 3.8) is 0 Å². The van der Waals surface area contributed by atoms with Crippen LogP contribution in [0.25, 0.3) is 15.9 Å². The molecule has 1 fully saturated rings. The summed E-state index contributed by atoms with van der Waals surface area (Å²) in [5.41, 5.74) is 1.66. The van der Waals surface area contributed by atoms with Gasteiger partial charge >= 0.3 is 0 Å². The first-order valence-corrected chi connectivity index (χ1v) is 9.60. The zero-order valence-electron chi connectivity index (χ0n) is 14.8. The number of carbonyl (C=O) groups excluding carboxylic acids is 1. The monoisotopic (exact) mass is 372 g/mol. The maximum Gasteiger partial charge on any atom is 0.264 e. The number of thiophene rings is 1. The van der Waals surface area contributed by atoms with Gasteiger partial charge in [-0.2, -0.15) is 5.10 Å². The SMILES string of the molecule is CNC1CCCN(C(=O)c2cc3c(C)nn(-c4ccc(F)cc4)c3s2)C1. The number of hydrogen-bond donors (Lipinski definition) is 1. The van der Waals surface area contributed by atoms with Crippen LogP contribution in [0.15, 0.2) is 30.3 Å². The van der Waals surface area contributed by atoms with Gasteiger partial charge in [0.2, 0.25) is 0 Å². The first-order chi connectivity index (χ1) is 12.6. The highest BCUT2D eigenvalue weighted by Crippen LogP contribution is 2.31. The molecule has 26 heavy (non-hydrogen) atoms. The molecule has 1 aromatic carbocycles. The minimum atomic E-state index is -0.278. The van der Waals surface area contributed by atoms with E-state index in [-0.39, 0.29) is 11.7 Å². The minimum absolute atomic E-state index is 0.0798. The third kappa shape index (κ3) is 3.01. The zero-order chi connectivity index (χ0) is 18.3. The first kappa shape index (κ1) is 17.2. The van der Waals surface area contributed by atoms with Crippen LogP contribution in [-0.2, 0) is 0 Å². The standard InChI is InChI=1S/C19H21FN4OS/c1-12-16-10-17(18(25)23-9-3-4-14(11-23)21-2)26-19(16)24(22-12)15-7-5-13(20)6-8-15/h5-8,10,14,21H,3-4,9,11H2,1-2H3. The number of hydrogen-bond acceptors (Lipinski definition) is 4. The van der Waals surface area contributed by atoms with Crippen molar-refractivity contribution < 1.29 is 9.18 Å². The smallest absolute Gasteiger partial charge is 0.264 e. The molecule has 4 rings (SSSR count). The summed E-state index contributed by atoms with van der Waals surface area (Å²) >= 11 is 1.45. The summed E-state index contributed by atoms with van der Waals surface area (Å²) in [6.45, 7) is 3.47. The molecule has 3 aromatic rings. The molecule has 0 spiro atoms. The maximum absolute atomic E-state index is 13.2. The number of halogens is 1. The van der Waals surface area contributed by atoms with Crippen LogP contribution in [0.3, 0.4) is 0 Å². The lowest BCUT2D eigenvalue weighted by molar-refractivity contribution is 0.0703. The molecule has 1 amide bonds. The summed E-state index contributed by atoms with van der Waals surface area (Å²) in [6, 6.07) is 8.54. The van der Waals surface area contributed by atoms with E-state index in [9.17, 15) is 9.18 Å². The topological polar surface area (TPSA) is 50.2 Å².